The molecule has 0 aliphatic heterocycles. The van der Waals surface area contributed by atoms with E-state index in [4.69, 9.17) is 23.2 Å². The Labute approximate surface area is 67.2 Å². The maximum Gasteiger partial charge on any atom is 0.0992 e. The monoisotopic (exact) mass is 166 g/mol. The molecule has 54 valence electrons. The van der Waals surface area contributed by atoms with E-state index in [1.807, 2.05) is 6.08 Å². The maximum atomic E-state index is 4.85. The standard InChI is InChI=1S/C5H10.C2H2Cl2/c1-3-5-4-2;1-2(3)4/h3H,1,4-5H2,2H3;1H2. The molecule has 0 spiro atoms. The molecule has 0 amide bonds. The van der Waals surface area contributed by atoms with Gasteiger partial charge in [0.2, 0.25) is 0 Å². The number of unbranched alkanes of at least 4 members (excludes halogenated alkanes) is 1. The SMILES string of the molecule is C=C(Cl)Cl.C=CCCC. The highest BCUT2D eigenvalue weighted by atomic mass is 35.5. The van der Waals surface area contributed by atoms with Crippen molar-refractivity contribution in [1.82, 2.24) is 0 Å². The Balaban J connectivity index is 0. The molecule has 0 nitrogen and oxygen atoms in total. The molecule has 0 unspecified atom stereocenters. The molecular weight excluding hydrogens is 155 g/mol. The highest BCUT2D eigenvalue weighted by Crippen LogP contribution is 1.98. The molecule has 0 aromatic rings. The topological polar surface area (TPSA) is 0 Å². The largest absolute Gasteiger partial charge is 0.103 e. The molecular formula is C7H12Cl2. The number of hydrogen-bond acceptors (Lipinski definition) is 0. The molecule has 0 fully saturated rings. The van der Waals surface area contributed by atoms with Crippen molar-refractivity contribution in [2.75, 3.05) is 0 Å². The number of hydrogen-bond donors (Lipinski definition) is 0. The molecule has 0 aromatic heterocycles. The van der Waals surface area contributed by atoms with Gasteiger partial charge in [-0.05, 0) is 6.42 Å². The third-order valence-corrected chi connectivity index (χ3v) is 0.493. The molecule has 0 bridgehead atoms. The lowest BCUT2D eigenvalue weighted by atomic mass is 10.3. The lowest BCUT2D eigenvalue weighted by Crippen LogP contribution is -1.52. The summed E-state index contributed by atoms with van der Waals surface area (Å²) in [5.74, 6) is 0. The fourth-order valence-corrected chi connectivity index (χ4v) is 0.204. The summed E-state index contributed by atoms with van der Waals surface area (Å²) in [6.45, 7) is 8.78. The van der Waals surface area contributed by atoms with Crippen LogP contribution in [0.4, 0.5) is 0 Å². The van der Waals surface area contributed by atoms with Gasteiger partial charge in [-0.2, -0.15) is 0 Å². The first kappa shape index (κ1) is 11.8. The predicted octanol–water partition coefficient (Wildman–Crippen LogP) is 3.91. The molecule has 2 heteroatoms. The lowest BCUT2D eigenvalue weighted by Gasteiger charge is -1.72. The van der Waals surface area contributed by atoms with Gasteiger partial charge in [0.1, 0.15) is 0 Å². The second kappa shape index (κ2) is 10.9. The first-order chi connectivity index (χ1) is 4.15. The van der Waals surface area contributed by atoms with Gasteiger partial charge in [0, 0.05) is 0 Å². The zero-order valence-corrected chi connectivity index (χ0v) is 7.17. The fraction of sp³-hybridized carbons (Fsp3) is 0.429. The highest BCUT2D eigenvalue weighted by Gasteiger charge is 1.61. The van der Waals surface area contributed by atoms with Gasteiger partial charge < -0.3 is 0 Å². The van der Waals surface area contributed by atoms with Crippen LogP contribution in [0, 0.1) is 0 Å². The quantitative estimate of drug-likeness (QED) is 0.547. The lowest BCUT2D eigenvalue weighted by molar-refractivity contribution is 0.961. The van der Waals surface area contributed by atoms with Crippen molar-refractivity contribution >= 4 is 23.2 Å². The van der Waals surface area contributed by atoms with Gasteiger partial charge in [-0.1, -0.05) is 49.2 Å². The Morgan fingerprint density at radius 3 is 1.89 bits per heavy atom. The molecule has 0 atom stereocenters. The van der Waals surface area contributed by atoms with Crippen molar-refractivity contribution in [2.24, 2.45) is 0 Å². The summed E-state index contributed by atoms with van der Waals surface area (Å²) in [5, 5.41) is 0. The Kier molecular flexibility index (Phi) is 14.4. The van der Waals surface area contributed by atoms with Crippen molar-refractivity contribution < 1.29 is 0 Å². The maximum absolute atomic E-state index is 4.85. The summed E-state index contributed by atoms with van der Waals surface area (Å²) in [4.78, 5) is 0. The van der Waals surface area contributed by atoms with Crippen molar-refractivity contribution in [2.45, 2.75) is 19.8 Å². The van der Waals surface area contributed by atoms with Crippen LogP contribution in [0.3, 0.4) is 0 Å². The van der Waals surface area contributed by atoms with Gasteiger partial charge in [0.25, 0.3) is 0 Å². The molecule has 0 aromatic carbocycles. The van der Waals surface area contributed by atoms with Crippen LogP contribution in [-0.4, -0.2) is 0 Å². The second-order valence-corrected chi connectivity index (χ2v) is 2.52. The number of rotatable bonds is 2. The van der Waals surface area contributed by atoms with E-state index < -0.39 is 0 Å². The first-order valence-electron chi connectivity index (χ1n) is 2.76. The van der Waals surface area contributed by atoms with Crippen molar-refractivity contribution in [1.29, 1.82) is 0 Å². The predicted molar refractivity (Wildman–Crippen MR) is 46.0 cm³/mol. The first-order valence-corrected chi connectivity index (χ1v) is 3.51. The van der Waals surface area contributed by atoms with Crippen LogP contribution in [0.5, 0.6) is 0 Å². The zero-order chi connectivity index (χ0) is 7.70. The fourth-order valence-electron chi connectivity index (χ4n) is 0.204. The number of halogens is 2. The molecule has 0 saturated carbocycles. The van der Waals surface area contributed by atoms with E-state index in [0.29, 0.717) is 0 Å². The second-order valence-electron chi connectivity index (χ2n) is 1.42. The minimum atomic E-state index is 0.111. The zero-order valence-electron chi connectivity index (χ0n) is 5.66. The molecule has 0 saturated heterocycles. The van der Waals surface area contributed by atoms with E-state index >= 15 is 0 Å². The third-order valence-electron chi connectivity index (χ3n) is 0.493. The van der Waals surface area contributed by atoms with Gasteiger partial charge in [0.05, 0.1) is 4.49 Å². The van der Waals surface area contributed by atoms with Crippen LogP contribution in [0.1, 0.15) is 19.8 Å². The van der Waals surface area contributed by atoms with Gasteiger partial charge >= 0.3 is 0 Å². The summed E-state index contributed by atoms with van der Waals surface area (Å²) < 4.78 is 0.111. The molecule has 0 aliphatic carbocycles. The summed E-state index contributed by atoms with van der Waals surface area (Å²) >= 11 is 9.69. The van der Waals surface area contributed by atoms with E-state index in [-0.39, 0.29) is 4.49 Å². The summed E-state index contributed by atoms with van der Waals surface area (Å²) in [6.07, 6.45) is 4.31. The molecule has 0 rings (SSSR count). The summed E-state index contributed by atoms with van der Waals surface area (Å²) in [7, 11) is 0. The Hall–Kier alpha value is 0.0600. The van der Waals surface area contributed by atoms with E-state index in [1.165, 1.54) is 6.42 Å². The van der Waals surface area contributed by atoms with E-state index in [2.05, 4.69) is 20.1 Å². The minimum absolute atomic E-state index is 0.111. The van der Waals surface area contributed by atoms with Crippen LogP contribution in [0.25, 0.3) is 0 Å². The van der Waals surface area contributed by atoms with Crippen LogP contribution < -0.4 is 0 Å². The Morgan fingerprint density at radius 2 is 1.89 bits per heavy atom. The molecule has 0 N–H and O–H groups in total. The smallest absolute Gasteiger partial charge is 0.0992 e. The molecule has 0 heterocycles. The summed E-state index contributed by atoms with van der Waals surface area (Å²) in [5.41, 5.74) is 0. The van der Waals surface area contributed by atoms with E-state index in [0.717, 1.165) is 6.42 Å². The normalized spacial score (nSPS) is 7.00. The molecule has 9 heavy (non-hydrogen) atoms. The third kappa shape index (κ3) is 69.8. The van der Waals surface area contributed by atoms with Gasteiger partial charge in [-0.3, -0.25) is 0 Å². The van der Waals surface area contributed by atoms with Crippen molar-refractivity contribution in [3.05, 3.63) is 23.7 Å². The van der Waals surface area contributed by atoms with Crippen LogP contribution in [0.15, 0.2) is 23.7 Å². The number of allylic oxidation sites excluding steroid dienone is 1. The summed E-state index contributed by atoms with van der Waals surface area (Å²) in [6, 6.07) is 0. The van der Waals surface area contributed by atoms with E-state index in [9.17, 15) is 0 Å². The minimum Gasteiger partial charge on any atom is -0.103 e. The van der Waals surface area contributed by atoms with Gasteiger partial charge in [0.15, 0.2) is 0 Å². The van der Waals surface area contributed by atoms with E-state index in [1.54, 1.807) is 0 Å². The average molecular weight is 167 g/mol. The van der Waals surface area contributed by atoms with Crippen LogP contribution >= 0.6 is 23.2 Å². The average Bonchev–Trinajstić information content (AvgIpc) is 1.66. The van der Waals surface area contributed by atoms with Crippen molar-refractivity contribution in [3.8, 4) is 0 Å². The van der Waals surface area contributed by atoms with Crippen LogP contribution in [-0.2, 0) is 0 Å². The van der Waals surface area contributed by atoms with Gasteiger partial charge in [-0.25, -0.2) is 0 Å². The molecule has 0 radical (unpaired) electrons. The van der Waals surface area contributed by atoms with Crippen molar-refractivity contribution in [3.63, 3.8) is 0 Å². The Bertz CT molecular complexity index is 73.0. The highest BCUT2D eigenvalue weighted by molar-refractivity contribution is 6.55. The molecule has 0 aliphatic rings. The van der Waals surface area contributed by atoms with Gasteiger partial charge in [-0.15, -0.1) is 6.58 Å². The van der Waals surface area contributed by atoms with Crippen LogP contribution in [0.2, 0.25) is 0 Å². The Morgan fingerprint density at radius 1 is 1.56 bits per heavy atom.